The molecule has 2 aromatic carbocycles. The second kappa shape index (κ2) is 8.41. The molecule has 2 aromatic rings. The molecule has 1 unspecified atom stereocenters. The summed E-state index contributed by atoms with van der Waals surface area (Å²) in [6, 6.07) is 9.12. The lowest BCUT2D eigenvalue weighted by molar-refractivity contribution is -0.117. The average molecular weight is 392 g/mol. The minimum absolute atomic E-state index is 0.0727. The number of halogens is 1. The number of Topliss-reactive ketones (excluding diaryl/α,β-unsaturated/α-hetero) is 1. The summed E-state index contributed by atoms with van der Waals surface area (Å²) in [4.78, 5) is 23.4. The zero-order chi connectivity index (χ0) is 20.2. The van der Waals surface area contributed by atoms with Crippen molar-refractivity contribution < 1.29 is 22.4 Å². The van der Waals surface area contributed by atoms with E-state index >= 15 is 0 Å². The Kier molecular flexibility index (Phi) is 6.45. The highest BCUT2D eigenvalue weighted by atomic mass is 32.2. The predicted molar refractivity (Wildman–Crippen MR) is 101 cm³/mol. The number of carbonyl (C=O) groups excluding carboxylic acids is 2. The summed E-state index contributed by atoms with van der Waals surface area (Å²) in [6.07, 6.45) is 0.0727. The SMILES string of the molecule is CC(=O)CC(C)NS(=O)(=O)c1cccc(C(=O)Nc2ccc(F)c(C)c2)c1. The van der Waals surface area contributed by atoms with Gasteiger partial charge >= 0.3 is 0 Å². The van der Waals surface area contributed by atoms with Crippen LogP contribution in [0.5, 0.6) is 0 Å². The van der Waals surface area contributed by atoms with Crippen molar-refractivity contribution in [2.45, 2.75) is 38.1 Å². The van der Waals surface area contributed by atoms with Crippen molar-refractivity contribution in [3.05, 3.63) is 59.4 Å². The quantitative estimate of drug-likeness (QED) is 0.758. The minimum Gasteiger partial charge on any atom is -0.322 e. The van der Waals surface area contributed by atoms with E-state index in [4.69, 9.17) is 0 Å². The standard InChI is InChI=1S/C19H21FN2O4S/c1-12-9-16(7-8-18(12)20)21-19(24)15-5-4-6-17(11-15)27(25,26)22-13(2)10-14(3)23/h4-9,11,13,22H,10H2,1-3H3,(H,21,24). The highest BCUT2D eigenvalue weighted by molar-refractivity contribution is 7.89. The van der Waals surface area contributed by atoms with E-state index < -0.39 is 22.0 Å². The first kappa shape index (κ1) is 20.7. The van der Waals surface area contributed by atoms with E-state index in [1.165, 1.54) is 49.4 Å². The molecule has 0 aromatic heterocycles. The van der Waals surface area contributed by atoms with Gasteiger partial charge in [-0.25, -0.2) is 17.5 Å². The number of aryl methyl sites for hydroxylation is 1. The molecule has 6 nitrogen and oxygen atoms in total. The van der Waals surface area contributed by atoms with Crippen molar-refractivity contribution >= 4 is 27.4 Å². The lowest BCUT2D eigenvalue weighted by Crippen LogP contribution is -2.34. The molecule has 0 heterocycles. The van der Waals surface area contributed by atoms with Crippen LogP contribution in [0.3, 0.4) is 0 Å². The Morgan fingerprint density at radius 1 is 1.15 bits per heavy atom. The smallest absolute Gasteiger partial charge is 0.255 e. The van der Waals surface area contributed by atoms with E-state index in [1.54, 1.807) is 13.8 Å². The number of anilines is 1. The van der Waals surface area contributed by atoms with Gasteiger partial charge in [-0.3, -0.25) is 9.59 Å². The van der Waals surface area contributed by atoms with Crippen LogP contribution in [0.4, 0.5) is 10.1 Å². The fraction of sp³-hybridized carbons (Fsp3) is 0.263. The first-order valence-corrected chi connectivity index (χ1v) is 9.76. The van der Waals surface area contributed by atoms with Crippen LogP contribution in [-0.2, 0) is 14.8 Å². The maximum Gasteiger partial charge on any atom is 0.255 e. The molecule has 0 aliphatic rings. The number of nitrogens with one attached hydrogen (secondary N) is 2. The van der Waals surface area contributed by atoms with Gasteiger partial charge in [-0.2, -0.15) is 0 Å². The third-order valence-corrected chi connectivity index (χ3v) is 5.36. The van der Waals surface area contributed by atoms with Crippen molar-refractivity contribution in [1.82, 2.24) is 4.72 Å². The minimum atomic E-state index is -3.88. The fourth-order valence-electron chi connectivity index (χ4n) is 2.54. The molecule has 0 aliphatic heterocycles. The van der Waals surface area contributed by atoms with Crippen LogP contribution < -0.4 is 10.0 Å². The Hall–Kier alpha value is -2.58. The first-order chi connectivity index (χ1) is 12.6. The Morgan fingerprint density at radius 2 is 1.85 bits per heavy atom. The summed E-state index contributed by atoms with van der Waals surface area (Å²) in [5.74, 6) is -1.03. The van der Waals surface area contributed by atoms with Crippen LogP contribution in [0.15, 0.2) is 47.4 Å². The van der Waals surface area contributed by atoms with E-state index in [-0.39, 0.29) is 28.5 Å². The monoisotopic (exact) mass is 392 g/mol. The van der Waals surface area contributed by atoms with Gasteiger partial charge in [-0.1, -0.05) is 6.07 Å². The van der Waals surface area contributed by atoms with Gasteiger partial charge in [0, 0.05) is 23.7 Å². The molecule has 1 amide bonds. The number of hydrogen-bond acceptors (Lipinski definition) is 4. The average Bonchev–Trinajstić information content (AvgIpc) is 2.57. The van der Waals surface area contributed by atoms with Crippen molar-refractivity contribution in [3.63, 3.8) is 0 Å². The van der Waals surface area contributed by atoms with E-state index in [0.29, 0.717) is 11.3 Å². The second-order valence-electron chi connectivity index (χ2n) is 6.37. The topological polar surface area (TPSA) is 92.3 Å². The van der Waals surface area contributed by atoms with E-state index in [9.17, 15) is 22.4 Å². The van der Waals surface area contributed by atoms with Crippen molar-refractivity contribution in [1.29, 1.82) is 0 Å². The van der Waals surface area contributed by atoms with Crippen molar-refractivity contribution in [2.24, 2.45) is 0 Å². The number of carbonyl (C=O) groups is 2. The largest absolute Gasteiger partial charge is 0.322 e. The predicted octanol–water partition coefficient (Wildman–Crippen LogP) is 3.03. The Bertz CT molecular complexity index is 973. The van der Waals surface area contributed by atoms with E-state index in [0.717, 1.165) is 0 Å². The first-order valence-electron chi connectivity index (χ1n) is 8.28. The molecule has 8 heteroatoms. The van der Waals surface area contributed by atoms with Crippen LogP contribution in [0.2, 0.25) is 0 Å². The van der Waals surface area contributed by atoms with E-state index in [1.807, 2.05) is 0 Å². The second-order valence-corrected chi connectivity index (χ2v) is 8.09. The maximum atomic E-state index is 13.3. The molecule has 2 rings (SSSR count). The lowest BCUT2D eigenvalue weighted by atomic mass is 10.2. The zero-order valence-corrected chi connectivity index (χ0v) is 16.1. The number of sulfonamides is 1. The Morgan fingerprint density at radius 3 is 2.48 bits per heavy atom. The van der Waals surface area contributed by atoms with Gasteiger partial charge < -0.3 is 5.32 Å². The highest BCUT2D eigenvalue weighted by Crippen LogP contribution is 2.17. The molecule has 144 valence electrons. The molecule has 0 fully saturated rings. The number of ketones is 1. The normalized spacial score (nSPS) is 12.4. The van der Waals surface area contributed by atoms with Gasteiger partial charge in [0.05, 0.1) is 4.90 Å². The van der Waals surface area contributed by atoms with Crippen LogP contribution in [0.1, 0.15) is 36.2 Å². The number of hydrogen-bond donors (Lipinski definition) is 2. The molecule has 0 spiro atoms. The van der Waals surface area contributed by atoms with Gasteiger partial charge in [-0.05, 0) is 62.7 Å². The van der Waals surface area contributed by atoms with Crippen LogP contribution in [0, 0.1) is 12.7 Å². The van der Waals surface area contributed by atoms with Crippen LogP contribution in [0.25, 0.3) is 0 Å². The molecular formula is C19H21FN2O4S. The van der Waals surface area contributed by atoms with Crippen LogP contribution in [-0.4, -0.2) is 26.2 Å². The number of benzene rings is 2. The summed E-state index contributed by atoms with van der Waals surface area (Å²) in [5.41, 5.74) is 0.923. The van der Waals surface area contributed by atoms with Gasteiger partial charge in [0.1, 0.15) is 11.6 Å². The molecule has 27 heavy (non-hydrogen) atoms. The third kappa shape index (κ3) is 5.70. The lowest BCUT2D eigenvalue weighted by Gasteiger charge is -2.13. The van der Waals surface area contributed by atoms with Crippen LogP contribution >= 0.6 is 0 Å². The number of amides is 1. The summed E-state index contributed by atoms with van der Waals surface area (Å²) >= 11 is 0. The molecule has 0 saturated heterocycles. The summed E-state index contributed by atoms with van der Waals surface area (Å²) < 4.78 is 40.6. The number of rotatable bonds is 7. The molecule has 2 N–H and O–H groups in total. The summed E-state index contributed by atoms with van der Waals surface area (Å²) in [7, 11) is -3.88. The van der Waals surface area contributed by atoms with Gasteiger partial charge in [-0.15, -0.1) is 0 Å². The maximum absolute atomic E-state index is 13.3. The molecular weight excluding hydrogens is 371 g/mol. The van der Waals surface area contributed by atoms with Gasteiger partial charge in [0.25, 0.3) is 5.91 Å². The molecule has 1 atom stereocenters. The Labute approximate surface area is 157 Å². The van der Waals surface area contributed by atoms with E-state index in [2.05, 4.69) is 10.0 Å². The molecule has 0 aliphatic carbocycles. The zero-order valence-electron chi connectivity index (χ0n) is 15.2. The van der Waals surface area contributed by atoms with Gasteiger partial charge in [0.2, 0.25) is 10.0 Å². The third-order valence-electron chi connectivity index (χ3n) is 3.77. The molecule has 0 bridgehead atoms. The highest BCUT2D eigenvalue weighted by Gasteiger charge is 2.19. The van der Waals surface area contributed by atoms with Crippen molar-refractivity contribution in [2.75, 3.05) is 5.32 Å². The molecule has 0 radical (unpaired) electrons. The van der Waals surface area contributed by atoms with Gasteiger partial charge in [0.15, 0.2) is 0 Å². The fourth-order valence-corrected chi connectivity index (χ4v) is 3.82. The Balaban J connectivity index is 2.19. The van der Waals surface area contributed by atoms with Crippen molar-refractivity contribution in [3.8, 4) is 0 Å². The molecule has 0 saturated carbocycles. The summed E-state index contributed by atoms with van der Waals surface area (Å²) in [6.45, 7) is 4.55. The summed E-state index contributed by atoms with van der Waals surface area (Å²) in [5, 5.41) is 2.61.